The molecule has 2 heterocycles. The summed E-state index contributed by atoms with van der Waals surface area (Å²) in [6.45, 7) is 4.42. The van der Waals surface area contributed by atoms with Crippen LogP contribution in [0.4, 0.5) is 28.8 Å². The molecule has 3 N–H and O–H groups in total. The monoisotopic (exact) mass is 425 g/mol. The number of carbonyl (C=O) groups is 1. The van der Waals surface area contributed by atoms with E-state index < -0.39 is 0 Å². The summed E-state index contributed by atoms with van der Waals surface area (Å²) in [5, 5.41) is 11.1. The van der Waals surface area contributed by atoms with E-state index in [9.17, 15) is 4.79 Å². The molecule has 0 unspecified atom stereocenters. The lowest BCUT2D eigenvalue weighted by Crippen LogP contribution is -2.18. The number of amides is 1. The van der Waals surface area contributed by atoms with Crippen LogP contribution in [0.5, 0.6) is 0 Å². The van der Waals surface area contributed by atoms with Crippen LogP contribution in [0.1, 0.15) is 12.0 Å². The number of anilines is 5. The Balaban J connectivity index is 1.58. The van der Waals surface area contributed by atoms with Gasteiger partial charge < -0.3 is 16.0 Å². The van der Waals surface area contributed by atoms with E-state index in [0.717, 1.165) is 29.0 Å². The van der Waals surface area contributed by atoms with Gasteiger partial charge in [0.2, 0.25) is 11.9 Å². The first kappa shape index (κ1) is 19.6. The average molecular weight is 426 g/mol. The number of halogens is 1. The highest BCUT2D eigenvalue weighted by Gasteiger charge is 2.15. The second-order valence-electron chi connectivity index (χ2n) is 6.97. The van der Waals surface area contributed by atoms with Gasteiger partial charge in [-0.3, -0.25) is 4.79 Å². The van der Waals surface area contributed by atoms with Crippen molar-refractivity contribution in [3.8, 4) is 0 Å². The summed E-state index contributed by atoms with van der Waals surface area (Å²) in [5.74, 6) is 1.00. The largest absolute Gasteiger partial charge is 0.338 e. The third kappa shape index (κ3) is 4.50. The number of para-hydroxylation sites is 1. The van der Waals surface area contributed by atoms with Crippen molar-refractivity contribution >= 4 is 59.6 Å². The van der Waals surface area contributed by atoms with Gasteiger partial charge in [0.15, 0.2) is 5.82 Å². The van der Waals surface area contributed by atoms with Gasteiger partial charge in [-0.05, 0) is 48.8 Å². The Kier molecular flexibility index (Phi) is 5.65. The second-order valence-corrected chi connectivity index (χ2v) is 9.65. The molecule has 6 nitrogen and oxygen atoms in total. The van der Waals surface area contributed by atoms with Crippen molar-refractivity contribution in [1.29, 1.82) is 0 Å². The van der Waals surface area contributed by atoms with Gasteiger partial charge >= 0.3 is 0 Å². The fourth-order valence-corrected chi connectivity index (χ4v) is 4.33. The van der Waals surface area contributed by atoms with Gasteiger partial charge in [-0.2, -0.15) is 4.98 Å². The molecule has 148 valence electrons. The molecule has 0 saturated carbocycles. The first-order valence-corrected chi connectivity index (χ1v) is 11.9. The van der Waals surface area contributed by atoms with E-state index in [0.29, 0.717) is 23.2 Å². The average Bonchev–Trinajstić information content (AvgIpc) is 2.70. The fourth-order valence-electron chi connectivity index (χ4n) is 3.19. The summed E-state index contributed by atoms with van der Waals surface area (Å²) in [4.78, 5) is 20.5. The number of hydrogen-bond acceptors (Lipinski definition) is 5. The van der Waals surface area contributed by atoms with Crippen molar-refractivity contribution in [2.45, 2.75) is 12.8 Å². The highest BCUT2D eigenvalue weighted by Crippen LogP contribution is 2.32. The molecule has 0 aliphatic carbocycles. The zero-order chi connectivity index (χ0) is 20.4. The zero-order valence-corrected chi connectivity index (χ0v) is 17.8. The van der Waals surface area contributed by atoms with Gasteiger partial charge in [-0.1, -0.05) is 43.8 Å². The van der Waals surface area contributed by atoms with Crippen LogP contribution < -0.4 is 21.3 Å². The van der Waals surface area contributed by atoms with Crippen molar-refractivity contribution in [3.63, 3.8) is 0 Å². The molecule has 0 spiro atoms. The minimum atomic E-state index is -0.278. The highest BCUT2D eigenvalue weighted by molar-refractivity contribution is 7.64. The number of nitrogens with one attached hydrogen (secondary N) is 3. The van der Waals surface area contributed by atoms with Crippen LogP contribution in [0, 0.1) is 0 Å². The number of aromatic nitrogens is 2. The van der Waals surface area contributed by atoms with Gasteiger partial charge in [0, 0.05) is 23.5 Å². The third-order valence-electron chi connectivity index (χ3n) is 4.64. The van der Waals surface area contributed by atoms with E-state index in [1.54, 1.807) is 6.20 Å². The van der Waals surface area contributed by atoms with Crippen LogP contribution in [0.2, 0.25) is 5.02 Å². The molecule has 8 heteroatoms. The molecule has 0 atom stereocenters. The number of nitrogens with zero attached hydrogens (tertiary/aromatic N) is 2. The minimum Gasteiger partial charge on any atom is -0.338 e. The van der Waals surface area contributed by atoms with Crippen molar-refractivity contribution in [3.05, 3.63) is 59.2 Å². The lowest BCUT2D eigenvalue weighted by Gasteiger charge is -2.18. The van der Waals surface area contributed by atoms with Crippen LogP contribution in [-0.2, 0) is 11.2 Å². The molecular weight excluding hydrogens is 405 g/mol. The third-order valence-corrected chi connectivity index (χ3v) is 6.27. The van der Waals surface area contributed by atoms with Gasteiger partial charge in [-0.15, -0.1) is 0 Å². The zero-order valence-electron chi connectivity index (χ0n) is 16.2. The second kappa shape index (κ2) is 8.36. The Morgan fingerprint density at radius 1 is 1.10 bits per heavy atom. The maximum absolute atomic E-state index is 11.6. The van der Waals surface area contributed by atoms with Gasteiger partial charge in [0.05, 0.1) is 6.20 Å². The summed E-state index contributed by atoms with van der Waals surface area (Å²) < 4.78 is 0. The molecule has 0 saturated heterocycles. The lowest BCUT2D eigenvalue weighted by atomic mass is 10.0. The van der Waals surface area contributed by atoms with Gasteiger partial charge in [0.1, 0.15) is 5.02 Å². The summed E-state index contributed by atoms with van der Waals surface area (Å²) in [6.07, 6.45) is 2.85. The molecule has 1 amide bonds. The van der Waals surface area contributed by atoms with Crippen molar-refractivity contribution in [2.24, 2.45) is 0 Å². The van der Waals surface area contributed by atoms with E-state index in [1.165, 1.54) is 5.30 Å². The number of fused-ring (bicyclic) bond motifs is 1. The summed E-state index contributed by atoms with van der Waals surface area (Å²) in [6, 6.07) is 14.0. The molecule has 1 aliphatic heterocycles. The minimum absolute atomic E-state index is 0.0364. The van der Waals surface area contributed by atoms with Crippen LogP contribution >= 0.6 is 19.5 Å². The van der Waals surface area contributed by atoms with Crippen LogP contribution in [0.3, 0.4) is 0 Å². The van der Waals surface area contributed by atoms with Crippen LogP contribution in [0.25, 0.3) is 0 Å². The molecule has 4 rings (SSSR count). The standard InChI is InChI=1S/C21H21ClN5OP/c1-29(2)18-6-4-3-5-16(18)26-20-15(22)12-23-21(27-20)24-14-9-7-13-8-10-19(28)25-17(13)11-14/h3-7,9,11-12H,8,10H2,1-2H3,(H,25,28)(H2,23,24,26,27). The predicted octanol–water partition coefficient (Wildman–Crippen LogP) is 4.87. The highest BCUT2D eigenvalue weighted by atomic mass is 35.5. The van der Waals surface area contributed by atoms with Crippen LogP contribution in [-0.4, -0.2) is 29.2 Å². The number of rotatable bonds is 5. The van der Waals surface area contributed by atoms with E-state index >= 15 is 0 Å². The summed E-state index contributed by atoms with van der Waals surface area (Å²) >= 11 is 6.33. The van der Waals surface area contributed by atoms with Crippen LogP contribution in [0.15, 0.2) is 48.7 Å². The smallest absolute Gasteiger partial charge is 0.229 e. The first-order valence-electron chi connectivity index (χ1n) is 9.25. The lowest BCUT2D eigenvalue weighted by molar-refractivity contribution is -0.116. The quantitative estimate of drug-likeness (QED) is 0.508. The number of carbonyl (C=O) groups excluding carboxylic acids is 1. The molecule has 0 radical (unpaired) electrons. The van der Waals surface area contributed by atoms with Gasteiger partial charge in [-0.25, -0.2) is 4.98 Å². The molecule has 2 aromatic carbocycles. The molecule has 1 aliphatic rings. The molecule has 1 aromatic heterocycles. The molecule has 0 fully saturated rings. The van der Waals surface area contributed by atoms with E-state index in [2.05, 4.69) is 45.3 Å². The van der Waals surface area contributed by atoms with Gasteiger partial charge in [0.25, 0.3) is 0 Å². The van der Waals surface area contributed by atoms with Crippen molar-refractivity contribution < 1.29 is 4.79 Å². The summed E-state index contributed by atoms with van der Waals surface area (Å²) in [5.41, 5.74) is 3.74. The number of benzene rings is 2. The van der Waals surface area contributed by atoms with Crippen molar-refractivity contribution in [2.75, 3.05) is 29.3 Å². The Hall–Kier alpha value is -2.69. The maximum atomic E-state index is 11.6. The molecule has 0 bridgehead atoms. The van der Waals surface area contributed by atoms with E-state index in [-0.39, 0.29) is 13.8 Å². The van der Waals surface area contributed by atoms with Crippen molar-refractivity contribution in [1.82, 2.24) is 9.97 Å². The number of hydrogen-bond donors (Lipinski definition) is 3. The normalized spacial score (nSPS) is 13.0. The Morgan fingerprint density at radius 2 is 1.93 bits per heavy atom. The number of aryl methyl sites for hydroxylation is 1. The Bertz CT molecular complexity index is 1070. The Morgan fingerprint density at radius 3 is 2.76 bits per heavy atom. The SMILES string of the molecule is CP(C)c1ccccc1Nc1nc(Nc2ccc3c(c2)NC(=O)CC3)ncc1Cl. The molecule has 29 heavy (non-hydrogen) atoms. The topological polar surface area (TPSA) is 78.9 Å². The maximum Gasteiger partial charge on any atom is 0.229 e. The van der Waals surface area contributed by atoms with E-state index in [1.807, 2.05) is 36.4 Å². The van der Waals surface area contributed by atoms with E-state index in [4.69, 9.17) is 11.6 Å². The Labute approximate surface area is 175 Å². The predicted molar refractivity (Wildman–Crippen MR) is 122 cm³/mol. The first-order chi connectivity index (χ1) is 14.0. The molecule has 3 aromatic rings. The molecular formula is C21H21ClN5OP. The fraction of sp³-hybridized carbons (Fsp3) is 0.190. The summed E-state index contributed by atoms with van der Waals surface area (Å²) in [7, 11) is -0.278.